The van der Waals surface area contributed by atoms with E-state index in [1.54, 1.807) is 0 Å². The molecule has 0 heterocycles. The molecule has 0 fully saturated rings. The first kappa shape index (κ1) is 10.1. The van der Waals surface area contributed by atoms with Crippen LogP contribution in [0.2, 0.25) is 0 Å². The van der Waals surface area contributed by atoms with E-state index in [1.807, 2.05) is 0 Å². The molecule has 0 bridgehead atoms. The number of benzene rings is 2. The van der Waals surface area contributed by atoms with Crippen LogP contribution in [0.25, 0.3) is 11.1 Å². The normalized spacial score (nSPS) is 11.4. The molecule has 0 amide bonds. The molecule has 2 aromatic carbocycles. The third kappa shape index (κ3) is 1.47. The van der Waals surface area contributed by atoms with Gasteiger partial charge >= 0.3 is 0 Å². The average molecular weight is 255 g/mol. The van der Waals surface area contributed by atoms with E-state index in [0.29, 0.717) is 0 Å². The Hall–Kier alpha value is -0.456. The Bertz CT molecular complexity index is 417. The van der Waals surface area contributed by atoms with E-state index < -0.39 is 0 Å². The zero-order chi connectivity index (χ0) is 8.67. The predicted molar refractivity (Wildman–Crippen MR) is 54.7 cm³/mol. The molecule has 1 aliphatic carbocycles. The third-order valence-electron chi connectivity index (χ3n) is 2.71. The van der Waals surface area contributed by atoms with Gasteiger partial charge in [0.25, 0.3) is 0 Å². The van der Waals surface area contributed by atoms with E-state index >= 15 is 0 Å². The second-order valence-corrected chi connectivity index (χ2v) is 3.49. The maximum absolute atomic E-state index is 2.22. The van der Waals surface area contributed by atoms with Crippen LogP contribution in [0.4, 0.5) is 0 Å². The van der Waals surface area contributed by atoms with E-state index in [2.05, 4.69) is 48.5 Å². The molecule has 0 atom stereocenters. The van der Waals surface area contributed by atoms with E-state index in [4.69, 9.17) is 0 Å². The minimum atomic E-state index is 0. The van der Waals surface area contributed by atoms with Gasteiger partial charge in [0.1, 0.15) is 0 Å². The molecule has 0 aliphatic heterocycles. The Labute approximate surface area is 109 Å². The van der Waals surface area contributed by atoms with E-state index in [0.717, 1.165) is 6.42 Å². The first-order chi connectivity index (χ1) is 6.45. The van der Waals surface area contributed by atoms with Gasteiger partial charge in [0, 0.05) is 32.7 Å². The number of hydrogen-bond donors (Lipinski definition) is 0. The van der Waals surface area contributed by atoms with Gasteiger partial charge in [-0.2, -0.15) is 0 Å². The standard InChI is InChI=1S/C13H10.Y/c1-3-7-12-10(5-1)9-11-6-2-4-8-13(11)12;/h1-8H,9H2;. The summed E-state index contributed by atoms with van der Waals surface area (Å²) in [4.78, 5) is 0. The summed E-state index contributed by atoms with van der Waals surface area (Å²) >= 11 is 0. The molecule has 0 aromatic heterocycles. The summed E-state index contributed by atoms with van der Waals surface area (Å²) in [7, 11) is 0. The minimum absolute atomic E-state index is 0. The predicted octanol–water partition coefficient (Wildman–Crippen LogP) is 3.26. The molecule has 14 heavy (non-hydrogen) atoms. The van der Waals surface area contributed by atoms with Crippen molar-refractivity contribution < 1.29 is 32.7 Å². The van der Waals surface area contributed by atoms with Gasteiger partial charge in [-0.05, 0) is 28.7 Å². The van der Waals surface area contributed by atoms with Crippen molar-refractivity contribution in [3.63, 3.8) is 0 Å². The Balaban J connectivity index is 0.000000750. The molecule has 1 heteroatoms. The van der Waals surface area contributed by atoms with Crippen LogP contribution < -0.4 is 0 Å². The molecule has 2 aromatic rings. The van der Waals surface area contributed by atoms with Crippen molar-refractivity contribution in [1.29, 1.82) is 0 Å². The van der Waals surface area contributed by atoms with Crippen molar-refractivity contribution in [2.24, 2.45) is 0 Å². The van der Waals surface area contributed by atoms with Crippen LogP contribution in [-0.4, -0.2) is 0 Å². The molecular weight excluding hydrogens is 245 g/mol. The Kier molecular flexibility index (Phi) is 2.85. The summed E-state index contributed by atoms with van der Waals surface area (Å²) in [5.41, 5.74) is 5.75. The topological polar surface area (TPSA) is 0 Å². The fraction of sp³-hybridized carbons (Fsp3) is 0.0769. The fourth-order valence-corrected chi connectivity index (χ4v) is 2.08. The van der Waals surface area contributed by atoms with E-state index in [9.17, 15) is 0 Å². The van der Waals surface area contributed by atoms with Gasteiger partial charge in [-0.3, -0.25) is 0 Å². The van der Waals surface area contributed by atoms with Crippen LogP contribution >= 0.6 is 0 Å². The van der Waals surface area contributed by atoms with Gasteiger partial charge in [0.15, 0.2) is 0 Å². The first-order valence-electron chi connectivity index (χ1n) is 4.61. The van der Waals surface area contributed by atoms with Crippen LogP contribution in [-0.2, 0) is 39.1 Å². The molecule has 0 nitrogen and oxygen atoms in total. The van der Waals surface area contributed by atoms with Crippen LogP contribution in [0.3, 0.4) is 0 Å². The monoisotopic (exact) mass is 255 g/mol. The van der Waals surface area contributed by atoms with Crippen molar-refractivity contribution in [2.75, 3.05) is 0 Å². The summed E-state index contributed by atoms with van der Waals surface area (Å²) in [6.07, 6.45) is 1.10. The van der Waals surface area contributed by atoms with Gasteiger partial charge in [-0.25, -0.2) is 0 Å². The molecule has 3 rings (SSSR count). The Morgan fingerprint density at radius 1 is 0.643 bits per heavy atom. The molecular formula is C13H10Y. The number of rotatable bonds is 0. The summed E-state index contributed by atoms with van der Waals surface area (Å²) in [6.45, 7) is 0. The summed E-state index contributed by atoms with van der Waals surface area (Å²) in [5, 5.41) is 0. The molecule has 0 saturated carbocycles. The molecule has 1 radical (unpaired) electrons. The molecule has 0 saturated heterocycles. The maximum atomic E-state index is 2.22. The van der Waals surface area contributed by atoms with Gasteiger partial charge in [0.05, 0.1) is 0 Å². The fourth-order valence-electron chi connectivity index (χ4n) is 2.08. The molecule has 1 aliphatic rings. The van der Waals surface area contributed by atoms with Crippen LogP contribution in [0.15, 0.2) is 48.5 Å². The van der Waals surface area contributed by atoms with Crippen molar-refractivity contribution in [1.82, 2.24) is 0 Å². The summed E-state index contributed by atoms with van der Waals surface area (Å²) in [5.74, 6) is 0. The van der Waals surface area contributed by atoms with Gasteiger partial charge < -0.3 is 0 Å². The van der Waals surface area contributed by atoms with E-state index in [-0.39, 0.29) is 32.7 Å². The van der Waals surface area contributed by atoms with Gasteiger partial charge in [0.2, 0.25) is 0 Å². The van der Waals surface area contributed by atoms with Crippen molar-refractivity contribution >= 4 is 0 Å². The van der Waals surface area contributed by atoms with Crippen molar-refractivity contribution in [3.05, 3.63) is 59.7 Å². The molecule has 0 unspecified atom stereocenters. The smallest absolute Gasteiger partial charge is 0 e. The molecule has 65 valence electrons. The van der Waals surface area contributed by atoms with E-state index in [1.165, 1.54) is 22.3 Å². The van der Waals surface area contributed by atoms with Crippen LogP contribution in [0.1, 0.15) is 11.1 Å². The SMILES string of the molecule is [Y].c1ccc2c(c1)Cc1ccccc1-2. The maximum Gasteiger partial charge on any atom is 0 e. The quantitative estimate of drug-likeness (QED) is 0.578. The van der Waals surface area contributed by atoms with Crippen molar-refractivity contribution in [3.8, 4) is 11.1 Å². The number of fused-ring (bicyclic) bond motifs is 3. The minimum Gasteiger partial charge on any atom is -0.0619 e. The van der Waals surface area contributed by atoms with Crippen LogP contribution in [0, 0.1) is 0 Å². The molecule has 0 N–H and O–H groups in total. The molecule has 0 spiro atoms. The first-order valence-corrected chi connectivity index (χ1v) is 4.61. The Morgan fingerprint density at radius 3 is 1.57 bits per heavy atom. The Morgan fingerprint density at radius 2 is 1.07 bits per heavy atom. The largest absolute Gasteiger partial charge is 0.0619 e. The zero-order valence-corrected chi connectivity index (χ0v) is 10.7. The second-order valence-electron chi connectivity index (χ2n) is 3.49. The number of hydrogen-bond acceptors (Lipinski definition) is 0. The van der Waals surface area contributed by atoms with Crippen molar-refractivity contribution in [2.45, 2.75) is 6.42 Å². The summed E-state index contributed by atoms with van der Waals surface area (Å²) in [6, 6.07) is 17.3. The summed E-state index contributed by atoms with van der Waals surface area (Å²) < 4.78 is 0. The average Bonchev–Trinajstić information content (AvgIpc) is 2.56. The van der Waals surface area contributed by atoms with Crippen LogP contribution in [0.5, 0.6) is 0 Å². The third-order valence-corrected chi connectivity index (χ3v) is 2.71. The second kappa shape index (κ2) is 3.96. The van der Waals surface area contributed by atoms with Gasteiger partial charge in [-0.1, -0.05) is 48.5 Å². The zero-order valence-electron chi connectivity index (χ0n) is 7.90. The van der Waals surface area contributed by atoms with Gasteiger partial charge in [-0.15, -0.1) is 0 Å².